The van der Waals surface area contributed by atoms with Crippen LogP contribution in [0.3, 0.4) is 0 Å². The van der Waals surface area contributed by atoms with Crippen molar-refractivity contribution in [1.29, 1.82) is 0 Å². The Hall–Kier alpha value is -0.380. The molecule has 1 fully saturated rings. The van der Waals surface area contributed by atoms with Gasteiger partial charge in [0.25, 0.3) is 0 Å². The van der Waals surface area contributed by atoms with Gasteiger partial charge in [0.05, 0.1) is 0 Å². The summed E-state index contributed by atoms with van der Waals surface area (Å²) in [4.78, 5) is 2.96. The second-order valence-corrected chi connectivity index (χ2v) is 7.12. The number of aryl methyl sites for hydroxylation is 1. The Morgan fingerprint density at radius 1 is 1.26 bits per heavy atom. The van der Waals surface area contributed by atoms with E-state index < -0.39 is 0 Å². The van der Waals surface area contributed by atoms with E-state index in [0.717, 1.165) is 18.8 Å². The van der Waals surface area contributed by atoms with Gasteiger partial charge in [-0.2, -0.15) is 0 Å². The van der Waals surface area contributed by atoms with Crippen molar-refractivity contribution in [3.63, 3.8) is 0 Å². The molecule has 108 valence electrons. The van der Waals surface area contributed by atoms with Crippen LogP contribution in [0.2, 0.25) is 0 Å². The van der Waals surface area contributed by atoms with Crippen LogP contribution in [-0.2, 0) is 12.8 Å². The number of nitrogens with one attached hydrogen (secondary N) is 1. The quantitative estimate of drug-likeness (QED) is 0.584. The molecule has 1 heterocycles. The van der Waals surface area contributed by atoms with E-state index in [1.165, 1.54) is 54.7 Å². The Morgan fingerprint density at radius 3 is 2.63 bits per heavy atom. The summed E-state index contributed by atoms with van der Waals surface area (Å²) in [6.07, 6.45) is 12.0. The fourth-order valence-electron chi connectivity index (χ4n) is 3.12. The van der Waals surface area contributed by atoms with Crippen molar-refractivity contribution in [1.82, 2.24) is 5.43 Å². The maximum Gasteiger partial charge on any atom is 0.0258 e. The zero-order chi connectivity index (χ0) is 13.5. The average Bonchev–Trinajstić information content (AvgIpc) is 2.92. The second-order valence-electron chi connectivity index (χ2n) is 5.87. The lowest BCUT2D eigenvalue weighted by Gasteiger charge is -2.23. The third kappa shape index (κ3) is 4.90. The van der Waals surface area contributed by atoms with Gasteiger partial charge >= 0.3 is 0 Å². The first-order chi connectivity index (χ1) is 9.31. The summed E-state index contributed by atoms with van der Waals surface area (Å²) in [5.74, 6) is 6.69. The van der Waals surface area contributed by atoms with Gasteiger partial charge in [-0.3, -0.25) is 11.3 Å². The molecule has 0 radical (unpaired) electrons. The van der Waals surface area contributed by atoms with Crippen molar-refractivity contribution in [2.24, 2.45) is 11.8 Å². The Morgan fingerprint density at radius 2 is 2.00 bits per heavy atom. The summed E-state index contributed by atoms with van der Waals surface area (Å²) in [7, 11) is 0. The van der Waals surface area contributed by atoms with Gasteiger partial charge in [-0.15, -0.1) is 11.3 Å². The first kappa shape index (κ1) is 15.0. The molecule has 3 heteroatoms. The first-order valence-electron chi connectivity index (χ1n) is 7.85. The van der Waals surface area contributed by atoms with Gasteiger partial charge in [0.1, 0.15) is 0 Å². The summed E-state index contributed by atoms with van der Waals surface area (Å²) in [5, 5.41) is 0. The van der Waals surface area contributed by atoms with E-state index in [4.69, 9.17) is 5.84 Å². The van der Waals surface area contributed by atoms with Gasteiger partial charge in [-0.1, -0.05) is 39.0 Å². The molecular weight excluding hydrogens is 252 g/mol. The monoisotopic (exact) mass is 280 g/mol. The molecule has 0 aliphatic heterocycles. The molecule has 1 aliphatic rings. The van der Waals surface area contributed by atoms with E-state index >= 15 is 0 Å². The van der Waals surface area contributed by atoms with Crippen LogP contribution in [0.25, 0.3) is 0 Å². The molecule has 19 heavy (non-hydrogen) atoms. The van der Waals surface area contributed by atoms with Crippen LogP contribution in [0.1, 0.15) is 61.6 Å². The minimum absolute atomic E-state index is 0.449. The number of nitrogens with two attached hydrogens (primary N) is 1. The summed E-state index contributed by atoms with van der Waals surface area (Å²) < 4.78 is 0. The van der Waals surface area contributed by atoms with Crippen LogP contribution in [-0.4, -0.2) is 6.04 Å². The molecule has 0 amide bonds. The predicted molar refractivity (Wildman–Crippen MR) is 84.3 cm³/mol. The van der Waals surface area contributed by atoms with Crippen LogP contribution < -0.4 is 11.3 Å². The van der Waals surface area contributed by atoms with E-state index in [0.29, 0.717) is 6.04 Å². The lowest BCUT2D eigenvalue weighted by molar-refractivity contribution is 0.313. The van der Waals surface area contributed by atoms with Crippen molar-refractivity contribution in [2.45, 2.75) is 70.8 Å². The molecule has 2 nitrogen and oxygen atoms in total. The molecule has 0 aromatic carbocycles. The molecule has 1 unspecified atom stereocenters. The highest BCUT2D eigenvalue weighted by molar-refractivity contribution is 7.11. The standard InChI is InChI=1S/C16H28N2S/c1-2-15-10-11-16(19-15)12-14(18-17)9-8-13-6-4-3-5-7-13/h10-11,13-14,18H,2-9,12,17H2,1H3. The molecule has 1 aromatic rings. The predicted octanol–water partition coefficient (Wildman–Crippen LogP) is 4.05. The Balaban J connectivity index is 1.75. The van der Waals surface area contributed by atoms with Crippen molar-refractivity contribution in [2.75, 3.05) is 0 Å². The van der Waals surface area contributed by atoms with E-state index in [-0.39, 0.29) is 0 Å². The van der Waals surface area contributed by atoms with Gasteiger partial charge in [-0.25, -0.2) is 0 Å². The van der Waals surface area contributed by atoms with E-state index in [1.54, 1.807) is 0 Å². The maximum absolute atomic E-state index is 5.73. The van der Waals surface area contributed by atoms with Gasteiger partial charge in [0.2, 0.25) is 0 Å². The highest BCUT2D eigenvalue weighted by atomic mass is 32.1. The van der Waals surface area contributed by atoms with Crippen molar-refractivity contribution in [3.8, 4) is 0 Å². The summed E-state index contributed by atoms with van der Waals surface area (Å²) in [5.41, 5.74) is 3.02. The SMILES string of the molecule is CCc1ccc(CC(CCC2CCCCC2)NN)s1. The highest BCUT2D eigenvalue weighted by Crippen LogP contribution is 2.28. The summed E-state index contributed by atoms with van der Waals surface area (Å²) in [6, 6.07) is 4.98. The number of hydrazine groups is 1. The van der Waals surface area contributed by atoms with Gasteiger partial charge < -0.3 is 0 Å². The second kappa shape index (κ2) is 8.03. The number of rotatable bonds is 7. The summed E-state index contributed by atoms with van der Waals surface area (Å²) in [6.45, 7) is 2.22. The minimum atomic E-state index is 0.449. The summed E-state index contributed by atoms with van der Waals surface area (Å²) >= 11 is 1.94. The van der Waals surface area contributed by atoms with E-state index in [9.17, 15) is 0 Å². The molecule has 0 saturated heterocycles. The van der Waals surface area contributed by atoms with Crippen molar-refractivity contribution >= 4 is 11.3 Å². The van der Waals surface area contributed by atoms with Gasteiger partial charge in [-0.05, 0) is 43.7 Å². The molecule has 3 N–H and O–H groups in total. The molecule has 1 aromatic heterocycles. The molecule has 0 bridgehead atoms. The number of thiophene rings is 1. The number of hydrogen-bond acceptors (Lipinski definition) is 3. The molecule has 1 aliphatic carbocycles. The van der Waals surface area contributed by atoms with Crippen LogP contribution >= 0.6 is 11.3 Å². The third-order valence-electron chi connectivity index (χ3n) is 4.40. The van der Waals surface area contributed by atoms with Crippen LogP contribution in [0.5, 0.6) is 0 Å². The van der Waals surface area contributed by atoms with E-state index in [1.807, 2.05) is 11.3 Å². The average molecular weight is 280 g/mol. The fourth-order valence-corrected chi connectivity index (χ4v) is 4.16. The molecular formula is C16H28N2S. The fraction of sp³-hybridized carbons (Fsp3) is 0.750. The first-order valence-corrected chi connectivity index (χ1v) is 8.67. The maximum atomic E-state index is 5.73. The largest absolute Gasteiger partial charge is 0.271 e. The zero-order valence-electron chi connectivity index (χ0n) is 12.2. The Kier molecular flexibility index (Phi) is 6.35. The van der Waals surface area contributed by atoms with Crippen LogP contribution in [0.15, 0.2) is 12.1 Å². The zero-order valence-corrected chi connectivity index (χ0v) is 13.0. The molecule has 1 atom stereocenters. The van der Waals surface area contributed by atoms with Crippen LogP contribution in [0, 0.1) is 5.92 Å². The third-order valence-corrected chi connectivity index (χ3v) is 5.65. The van der Waals surface area contributed by atoms with Crippen LogP contribution in [0.4, 0.5) is 0 Å². The number of hydrogen-bond donors (Lipinski definition) is 2. The highest BCUT2D eigenvalue weighted by Gasteiger charge is 2.16. The minimum Gasteiger partial charge on any atom is -0.271 e. The lowest BCUT2D eigenvalue weighted by Crippen LogP contribution is -2.37. The molecule has 2 rings (SSSR count). The normalized spacial score (nSPS) is 18.6. The van der Waals surface area contributed by atoms with Crippen molar-refractivity contribution < 1.29 is 0 Å². The molecule has 0 spiro atoms. The van der Waals surface area contributed by atoms with Gasteiger partial charge in [0, 0.05) is 15.8 Å². The van der Waals surface area contributed by atoms with Gasteiger partial charge in [0.15, 0.2) is 0 Å². The lowest BCUT2D eigenvalue weighted by atomic mass is 9.85. The Bertz CT molecular complexity index is 355. The molecule has 1 saturated carbocycles. The van der Waals surface area contributed by atoms with E-state index in [2.05, 4.69) is 24.5 Å². The topological polar surface area (TPSA) is 38.0 Å². The Labute approximate surface area is 121 Å². The van der Waals surface area contributed by atoms with Crippen molar-refractivity contribution in [3.05, 3.63) is 21.9 Å². The smallest absolute Gasteiger partial charge is 0.0258 e.